The van der Waals surface area contributed by atoms with Crippen molar-refractivity contribution in [3.63, 3.8) is 0 Å². The molecule has 1 nitrogen and oxygen atoms in total. The molecule has 0 unspecified atom stereocenters. The molecule has 1 fully saturated rings. The molecule has 0 amide bonds. The fourth-order valence-electron chi connectivity index (χ4n) is 4.70. The van der Waals surface area contributed by atoms with Gasteiger partial charge in [0.1, 0.15) is 0 Å². The van der Waals surface area contributed by atoms with Crippen molar-refractivity contribution in [2.75, 3.05) is 26.2 Å². The molecule has 0 bridgehead atoms. The lowest BCUT2D eigenvalue weighted by molar-refractivity contribution is -0.931. The van der Waals surface area contributed by atoms with Crippen LogP contribution in [-0.2, 0) is 0 Å². The summed E-state index contributed by atoms with van der Waals surface area (Å²) in [5, 5.41) is 0. The maximum Gasteiger partial charge on any atom is 0.0786 e. The van der Waals surface area contributed by atoms with Crippen molar-refractivity contribution in [1.82, 2.24) is 0 Å². The monoisotopic (exact) mass is 352 g/mol. The first-order valence-corrected chi connectivity index (χ1v) is 12.2. The normalized spacial score (nSPS) is 17.0. The Balaban J connectivity index is 1.78. The van der Waals surface area contributed by atoms with E-state index in [9.17, 15) is 0 Å². The summed E-state index contributed by atoms with van der Waals surface area (Å²) in [6, 6.07) is 0. The Bertz CT molecular complexity index is 267. The average molecular weight is 353 g/mol. The lowest BCUT2D eigenvalue weighted by atomic mass is 10.0. The van der Waals surface area contributed by atoms with Gasteiger partial charge in [-0.05, 0) is 39.0 Å². The lowest BCUT2D eigenvalue weighted by Crippen LogP contribution is -2.51. The van der Waals surface area contributed by atoms with Gasteiger partial charge in [0.2, 0.25) is 0 Å². The van der Waals surface area contributed by atoms with Crippen LogP contribution in [0, 0.1) is 0 Å². The molecular weight excluding hydrogens is 302 g/mol. The topological polar surface area (TPSA) is 0 Å². The number of hydrogen-bond donors (Lipinski definition) is 0. The first-order valence-electron chi connectivity index (χ1n) is 12.2. The predicted octanol–water partition coefficient (Wildman–Crippen LogP) is 7.88. The molecule has 1 heterocycles. The summed E-state index contributed by atoms with van der Waals surface area (Å²) in [4.78, 5) is 0. The highest BCUT2D eigenvalue weighted by Crippen LogP contribution is 2.20. The Hall–Kier alpha value is -0.0400. The maximum atomic E-state index is 2.41. The molecule has 0 radical (unpaired) electrons. The number of unbranched alkanes of at least 4 members (excludes halogenated alkanes) is 14. The van der Waals surface area contributed by atoms with Gasteiger partial charge < -0.3 is 4.48 Å². The van der Waals surface area contributed by atoms with Gasteiger partial charge in [0, 0.05) is 0 Å². The molecule has 0 aromatic rings. The van der Waals surface area contributed by atoms with Crippen LogP contribution in [0.3, 0.4) is 0 Å². The second-order valence-corrected chi connectivity index (χ2v) is 8.84. The van der Waals surface area contributed by atoms with E-state index in [0.29, 0.717) is 0 Å². The van der Waals surface area contributed by atoms with E-state index >= 15 is 0 Å². The number of nitrogens with zero attached hydrogens (tertiary/aromatic N) is 1. The van der Waals surface area contributed by atoms with E-state index in [1.165, 1.54) is 146 Å². The zero-order chi connectivity index (χ0) is 18.1. The molecule has 0 N–H and O–H groups in total. The van der Waals surface area contributed by atoms with Gasteiger partial charge in [0.25, 0.3) is 0 Å². The molecular formula is C24H50N+. The van der Waals surface area contributed by atoms with E-state index in [-0.39, 0.29) is 0 Å². The minimum absolute atomic E-state index is 1.37. The predicted molar refractivity (Wildman–Crippen MR) is 114 cm³/mol. The third-order valence-corrected chi connectivity index (χ3v) is 6.67. The number of piperidine rings is 1. The third-order valence-electron chi connectivity index (χ3n) is 6.67. The van der Waals surface area contributed by atoms with Crippen molar-refractivity contribution in [1.29, 1.82) is 0 Å². The van der Waals surface area contributed by atoms with E-state index in [1.807, 2.05) is 0 Å². The fraction of sp³-hybridized carbons (Fsp3) is 1.00. The highest BCUT2D eigenvalue weighted by atomic mass is 15.3. The molecule has 0 spiro atoms. The largest absolute Gasteiger partial charge is 0.324 e. The zero-order valence-corrected chi connectivity index (χ0v) is 18.0. The molecule has 0 atom stereocenters. The van der Waals surface area contributed by atoms with Gasteiger partial charge >= 0.3 is 0 Å². The average Bonchev–Trinajstić information content (AvgIpc) is 2.65. The van der Waals surface area contributed by atoms with Gasteiger partial charge in [-0.15, -0.1) is 0 Å². The summed E-state index contributed by atoms with van der Waals surface area (Å²) in [5.74, 6) is 0. The van der Waals surface area contributed by atoms with Gasteiger partial charge in [-0.2, -0.15) is 0 Å². The van der Waals surface area contributed by atoms with Crippen LogP contribution >= 0.6 is 0 Å². The highest BCUT2D eigenvalue weighted by molar-refractivity contribution is 4.55. The van der Waals surface area contributed by atoms with E-state index in [0.717, 1.165) is 0 Å². The van der Waals surface area contributed by atoms with Gasteiger partial charge in [-0.3, -0.25) is 0 Å². The summed E-state index contributed by atoms with van der Waals surface area (Å²) in [6.07, 6.45) is 26.6. The molecule has 0 saturated carbocycles. The molecule has 0 aliphatic carbocycles. The molecule has 1 aliphatic rings. The summed E-state index contributed by atoms with van der Waals surface area (Å²) in [6.45, 7) is 10.5. The Kier molecular flexibility index (Phi) is 14.9. The summed E-state index contributed by atoms with van der Waals surface area (Å²) < 4.78 is 1.44. The van der Waals surface area contributed by atoms with Crippen LogP contribution in [0.4, 0.5) is 0 Å². The number of rotatable bonds is 17. The van der Waals surface area contributed by atoms with Crippen molar-refractivity contribution in [3.05, 3.63) is 0 Å². The van der Waals surface area contributed by atoms with Crippen LogP contribution in [0.2, 0.25) is 0 Å². The Morgan fingerprint density at radius 2 is 0.880 bits per heavy atom. The van der Waals surface area contributed by atoms with Gasteiger partial charge in [-0.1, -0.05) is 90.4 Å². The molecule has 25 heavy (non-hydrogen) atoms. The first kappa shape index (κ1) is 23.0. The first-order chi connectivity index (χ1) is 12.3. The van der Waals surface area contributed by atoms with E-state index in [1.54, 1.807) is 0 Å². The van der Waals surface area contributed by atoms with Crippen LogP contribution in [0.25, 0.3) is 0 Å². The number of hydrogen-bond acceptors (Lipinski definition) is 0. The van der Waals surface area contributed by atoms with Gasteiger partial charge in [-0.25, -0.2) is 0 Å². The maximum absolute atomic E-state index is 2.41. The van der Waals surface area contributed by atoms with Crippen LogP contribution in [0.5, 0.6) is 0 Å². The van der Waals surface area contributed by atoms with Gasteiger partial charge in [0.05, 0.1) is 26.2 Å². The molecule has 0 aromatic heterocycles. The molecule has 1 heteroatoms. The van der Waals surface area contributed by atoms with Crippen LogP contribution in [-0.4, -0.2) is 30.7 Å². The van der Waals surface area contributed by atoms with E-state index in [2.05, 4.69) is 13.8 Å². The number of likely N-dealkylation sites (tertiary alicyclic amines) is 1. The summed E-state index contributed by atoms with van der Waals surface area (Å²) >= 11 is 0. The van der Waals surface area contributed by atoms with Crippen molar-refractivity contribution in [2.24, 2.45) is 0 Å². The molecule has 150 valence electrons. The summed E-state index contributed by atoms with van der Waals surface area (Å²) in [7, 11) is 0. The Labute approximate surface area is 160 Å². The van der Waals surface area contributed by atoms with Crippen molar-refractivity contribution >= 4 is 0 Å². The minimum Gasteiger partial charge on any atom is -0.324 e. The number of quaternary nitrogens is 1. The summed E-state index contributed by atoms with van der Waals surface area (Å²) in [5.41, 5.74) is 0. The molecule has 1 saturated heterocycles. The van der Waals surface area contributed by atoms with Gasteiger partial charge in [0.15, 0.2) is 0 Å². The Morgan fingerprint density at radius 3 is 1.28 bits per heavy atom. The SMILES string of the molecule is CCCCCCCCCCCCCCCCC[N+]1(CC)CCCCC1. The van der Waals surface area contributed by atoms with Crippen molar-refractivity contribution < 1.29 is 4.48 Å². The quantitative estimate of drug-likeness (QED) is 0.184. The van der Waals surface area contributed by atoms with E-state index in [4.69, 9.17) is 0 Å². The molecule has 1 aliphatic heterocycles. The standard InChI is InChI=1S/C24H50N/c1-3-5-6-7-8-9-10-11-12-13-14-15-16-17-19-22-25(4-2)23-20-18-21-24-25/h3-24H2,1-2H3/q+1. The zero-order valence-electron chi connectivity index (χ0n) is 18.0. The second-order valence-electron chi connectivity index (χ2n) is 8.84. The van der Waals surface area contributed by atoms with Crippen molar-refractivity contribution in [3.8, 4) is 0 Å². The lowest BCUT2D eigenvalue weighted by Gasteiger charge is -2.41. The fourth-order valence-corrected chi connectivity index (χ4v) is 4.70. The van der Waals surface area contributed by atoms with Crippen LogP contribution in [0.15, 0.2) is 0 Å². The van der Waals surface area contributed by atoms with E-state index < -0.39 is 0 Å². The highest BCUT2D eigenvalue weighted by Gasteiger charge is 2.26. The van der Waals surface area contributed by atoms with Crippen LogP contribution in [0.1, 0.15) is 129 Å². The molecule has 1 rings (SSSR count). The van der Waals surface area contributed by atoms with Crippen LogP contribution < -0.4 is 0 Å². The third kappa shape index (κ3) is 12.1. The second kappa shape index (κ2) is 16.2. The minimum atomic E-state index is 1.37. The van der Waals surface area contributed by atoms with Crippen molar-refractivity contribution in [2.45, 2.75) is 129 Å². The Morgan fingerprint density at radius 1 is 0.480 bits per heavy atom. The smallest absolute Gasteiger partial charge is 0.0786 e. The molecule has 0 aromatic carbocycles.